The Morgan fingerprint density at radius 2 is 2.12 bits per heavy atom. The van der Waals surface area contributed by atoms with Gasteiger partial charge in [-0.2, -0.15) is 0 Å². The highest BCUT2D eigenvalue weighted by Gasteiger charge is 2.08. The Labute approximate surface area is 105 Å². The number of benzene rings is 1. The van der Waals surface area contributed by atoms with E-state index in [4.69, 9.17) is 16.0 Å². The van der Waals surface area contributed by atoms with Crippen molar-refractivity contribution in [2.45, 2.75) is 0 Å². The Kier molecular flexibility index (Phi) is 2.26. The molecule has 2 aromatic heterocycles. The van der Waals surface area contributed by atoms with E-state index >= 15 is 0 Å². The molecule has 0 aliphatic carbocycles. The Balaban J connectivity index is 2.18. The second kappa shape index (κ2) is 3.64. The molecule has 2 heterocycles. The van der Waals surface area contributed by atoms with E-state index in [1.807, 2.05) is 18.2 Å². The van der Waals surface area contributed by atoms with Crippen LogP contribution in [0.3, 0.4) is 0 Å². The third-order valence-electron chi connectivity index (χ3n) is 2.25. The average molecular weight is 298 g/mol. The lowest BCUT2D eigenvalue weighted by molar-refractivity contribution is 0.580. The van der Waals surface area contributed by atoms with Crippen molar-refractivity contribution >= 4 is 38.6 Å². The summed E-state index contributed by atoms with van der Waals surface area (Å²) >= 11 is 9.13. The molecule has 0 aliphatic rings. The number of fused-ring (bicyclic) bond motifs is 1. The Morgan fingerprint density at radius 3 is 2.88 bits per heavy atom. The minimum atomic E-state index is 0.358. The number of aromatic nitrogens is 2. The maximum Gasteiger partial charge on any atom is 0.194 e. The highest BCUT2D eigenvalue weighted by molar-refractivity contribution is 9.10. The average Bonchev–Trinajstić information content (AvgIpc) is 2.83. The van der Waals surface area contributed by atoms with Gasteiger partial charge in [0.1, 0.15) is 0 Å². The molecule has 0 bridgehead atoms. The van der Waals surface area contributed by atoms with Gasteiger partial charge in [0.25, 0.3) is 0 Å². The van der Waals surface area contributed by atoms with Crippen LogP contribution in [0, 0.1) is 0 Å². The van der Waals surface area contributed by atoms with Crippen LogP contribution in [0.2, 0.25) is 5.22 Å². The molecule has 0 radical (unpaired) electrons. The van der Waals surface area contributed by atoms with Gasteiger partial charge in [0, 0.05) is 4.47 Å². The van der Waals surface area contributed by atoms with E-state index in [1.165, 1.54) is 0 Å². The fourth-order valence-electron chi connectivity index (χ4n) is 1.54. The van der Waals surface area contributed by atoms with Crippen LogP contribution in [0.15, 0.2) is 39.2 Å². The van der Waals surface area contributed by atoms with E-state index < -0.39 is 0 Å². The fourth-order valence-corrected chi connectivity index (χ4v) is 2.05. The van der Waals surface area contributed by atoms with Crippen molar-refractivity contribution in [1.29, 1.82) is 0 Å². The molecule has 3 nitrogen and oxygen atoms in total. The van der Waals surface area contributed by atoms with Gasteiger partial charge in [0.05, 0.1) is 11.0 Å². The number of furan rings is 1. The van der Waals surface area contributed by atoms with E-state index in [-0.39, 0.29) is 0 Å². The van der Waals surface area contributed by atoms with Gasteiger partial charge in [0.15, 0.2) is 16.8 Å². The molecule has 0 fully saturated rings. The summed E-state index contributed by atoms with van der Waals surface area (Å²) in [6.07, 6.45) is 0. The van der Waals surface area contributed by atoms with Gasteiger partial charge in [0.2, 0.25) is 0 Å². The van der Waals surface area contributed by atoms with Crippen LogP contribution >= 0.6 is 27.5 Å². The van der Waals surface area contributed by atoms with Crippen LogP contribution in [0.4, 0.5) is 0 Å². The number of aromatic amines is 1. The lowest BCUT2D eigenvalue weighted by atomic mass is 10.3. The van der Waals surface area contributed by atoms with Gasteiger partial charge in [-0.1, -0.05) is 15.9 Å². The van der Waals surface area contributed by atoms with Crippen molar-refractivity contribution in [3.05, 3.63) is 40.0 Å². The quantitative estimate of drug-likeness (QED) is 0.730. The molecule has 0 saturated carbocycles. The van der Waals surface area contributed by atoms with Gasteiger partial charge in [-0.15, -0.1) is 0 Å². The number of nitrogens with one attached hydrogen (secondary N) is 1. The Morgan fingerprint density at radius 1 is 1.25 bits per heavy atom. The zero-order valence-corrected chi connectivity index (χ0v) is 10.3. The number of nitrogens with zero attached hydrogens (tertiary/aromatic N) is 1. The summed E-state index contributed by atoms with van der Waals surface area (Å²) in [6, 6.07) is 9.33. The molecule has 0 spiro atoms. The first-order chi connectivity index (χ1) is 7.72. The van der Waals surface area contributed by atoms with Crippen molar-refractivity contribution in [2.75, 3.05) is 0 Å². The summed E-state index contributed by atoms with van der Waals surface area (Å²) in [5, 5.41) is 0.358. The maximum absolute atomic E-state index is 5.72. The summed E-state index contributed by atoms with van der Waals surface area (Å²) < 4.78 is 6.30. The third-order valence-corrected chi connectivity index (χ3v) is 2.95. The number of hydrogen-bond acceptors (Lipinski definition) is 2. The van der Waals surface area contributed by atoms with E-state index in [0.717, 1.165) is 15.5 Å². The van der Waals surface area contributed by atoms with Crippen LogP contribution in [0.1, 0.15) is 0 Å². The van der Waals surface area contributed by atoms with E-state index in [9.17, 15) is 0 Å². The van der Waals surface area contributed by atoms with Crippen LogP contribution in [-0.2, 0) is 0 Å². The summed E-state index contributed by atoms with van der Waals surface area (Å²) in [4.78, 5) is 7.58. The first-order valence-electron chi connectivity index (χ1n) is 4.63. The largest absolute Gasteiger partial charge is 0.441 e. The molecule has 0 unspecified atom stereocenters. The summed E-state index contributed by atoms with van der Waals surface area (Å²) in [6.45, 7) is 0. The normalized spacial score (nSPS) is 11.1. The minimum Gasteiger partial charge on any atom is -0.441 e. The van der Waals surface area contributed by atoms with Crippen LogP contribution in [-0.4, -0.2) is 9.97 Å². The van der Waals surface area contributed by atoms with Crippen LogP contribution in [0.5, 0.6) is 0 Å². The van der Waals surface area contributed by atoms with Crippen molar-refractivity contribution < 1.29 is 4.42 Å². The Bertz CT molecular complexity index is 659. The molecule has 3 rings (SSSR count). The first-order valence-corrected chi connectivity index (χ1v) is 5.80. The molecule has 5 heteroatoms. The zero-order chi connectivity index (χ0) is 11.1. The third kappa shape index (κ3) is 1.64. The molecule has 16 heavy (non-hydrogen) atoms. The monoisotopic (exact) mass is 296 g/mol. The number of halogens is 2. The van der Waals surface area contributed by atoms with Crippen LogP contribution < -0.4 is 0 Å². The second-order valence-electron chi connectivity index (χ2n) is 3.35. The molecular weight excluding hydrogens is 291 g/mol. The van der Waals surface area contributed by atoms with Crippen LogP contribution in [0.25, 0.3) is 22.6 Å². The molecule has 0 saturated heterocycles. The molecular formula is C11H6BrClN2O. The second-order valence-corrected chi connectivity index (χ2v) is 4.64. The summed E-state index contributed by atoms with van der Waals surface area (Å²) in [5.41, 5.74) is 1.85. The predicted molar refractivity (Wildman–Crippen MR) is 66.5 cm³/mol. The predicted octanol–water partition coefficient (Wildman–Crippen LogP) is 4.24. The van der Waals surface area contributed by atoms with Gasteiger partial charge in [-0.25, -0.2) is 4.98 Å². The maximum atomic E-state index is 5.72. The van der Waals surface area contributed by atoms with E-state index in [0.29, 0.717) is 16.8 Å². The van der Waals surface area contributed by atoms with Crippen molar-refractivity contribution in [1.82, 2.24) is 9.97 Å². The molecule has 1 N–H and O–H groups in total. The smallest absolute Gasteiger partial charge is 0.194 e. The van der Waals surface area contributed by atoms with E-state index in [2.05, 4.69) is 25.9 Å². The van der Waals surface area contributed by atoms with Crippen molar-refractivity contribution in [3.8, 4) is 11.6 Å². The minimum absolute atomic E-state index is 0.358. The molecule has 0 aliphatic heterocycles. The summed E-state index contributed by atoms with van der Waals surface area (Å²) in [5.74, 6) is 1.32. The fraction of sp³-hybridized carbons (Fsp3) is 0. The molecule has 80 valence electrons. The Hall–Kier alpha value is -1.26. The molecule has 1 aromatic carbocycles. The standard InChI is InChI=1S/C11H6BrClN2O/c12-6-1-2-7-8(5-6)15-11(14-7)9-3-4-10(13)16-9/h1-5H,(H,14,15). The molecule has 3 aromatic rings. The molecule has 0 atom stereocenters. The summed E-state index contributed by atoms with van der Waals surface area (Å²) in [7, 11) is 0. The SMILES string of the molecule is Clc1ccc(-c2nc3ccc(Br)cc3[nH]2)o1. The molecule has 0 amide bonds. The highest BCUT2D eigenvalue weighted by atomic mass is 79.9. The first kappa shape index (κ1) is 9.93. The van der Waals surface area contributed by atoms with Gasteiger partial charge in [-0.3, -0.25) is 0 Å². The van der Waals surface area contributed by atoms with Crippen molar-refractivity contribution in [3.63, 3.8) is 0 Å². The number of hydrogen-bond donors (Lipinski definition) is 1. The van der Waals surface area contributed by atoms with E-state index in [1.54, 1.807) is 12.1 Å². The number of rotatable bonds is 1. The van der Waals surface area contributed by atoms with Gasteiger partial charge < -0.3 is 9.40 Å². The van der Waals surface area contributed by atoms with Crippen molar-refractivity contribution in [2.24, 2.45) is 0 Å². The zero-order valence-electron chi connectivity index (χ0n) is 8.00. The highest BCUT2D eigenvalue weighted by Crippen LogP contribution is 2.25. The van der Waals surface area contributed by atoms with Gasteiger partial charge >= 0.3 is 0 Å². The lowest BCUT2D eigenvalue weighted by Gasteiger charge is -1.88. The van der Waals surface area contributed by atoms with Gasteiger partial charge in [-0.05, 0) is 41.9 Å². The lowest BCUT2D eigenvalue weighted by Crippen LogP contribution is -1.74. The topological polar surface area (TPSA) is 41.8 Å². The number of H-pyrrole nitrogens is 1. The number of imidazole rings is 1.